The molecule has 0 fully saturated rings. The van der Waals surface area contributed by atoms with E-state index in [1.165, 1.54) is 25.7 Å². The van der Waals surface area contributed by atoms with Crippen molar-refractivity contribution in [3.63, 3.8) is 0 Å². The highest BCUT2D eigenvalue weighted by molar-refractivity contribution is 6.96. The van der Waals surface area contributed by atoms with Crippen LogP contribution >= 0.6 is 0 Å². The minimum Gasteiger partial charge on any atom is -0.396 e. The van der Waals surface area contributed by atoms with Gasteiger partial charge in [0, 0.05) is 22.8 Å². The predicted octanol–water partition coefficient (Wildman–Crippen LogP) is 4.52. The maximum absolute atomic E-state index is 8.75. The van der Waals surface area contributed by atoms with Crippen LogP contribution in [0.2, 0.25) is 44.4 Å². The van der Waals surface area contributed by atoms with Crippen LogP contribution in [-0.4, -0.2) is 27.9 Å². The van der Waals surface area contributed by atoms with Gasteiger partial charge in [0.15, 0.2) is 0 Å². The van der Waals surface area contributed by atoms with Gasteiger partial charge in [0.25, 0.3) is 0 Å². The average Bonchev–Trinajstić information content (AvgIpc) is 2.06. The van der Waals surface area contributed by atoms with Gasteiger partial charge in [-0.15, -0.1) is 0 Å². The van der Waals surface area contributed by atoms with Gasteiger partial charge < -0.3 is 5.11 Å². The van der Waals surface area contributed by atoms with E-state index in [-0.39, 0.29) is 0 Å². The van der Waals surface area contributed by atoms with E-state index in [0.29, 0.717) is 6.61 Å². The summed E-state index contributed by atoms with van der Waals surface area (Å²) in [5.74, 6) is 0. The summed E-state index contributed by atoms with van der Waals surface area (Å²) in [5, 5.41) is 9.80. The number of aliphatic hydroxyl groups excluding tert-OH is 1. The first kappa shape index (κ1) is 16.4. The molecule has 1 N–H and O–H groups in total. The molecule has 98 valence electrons. The maximum Gasteiger partial charge on any atom is 0.0447 e. The van der Waals surface area contributed by atoms with Crippen molar-refractivity contribution < 1.29 is 5.11 Å². The zero-order valence-electron chi connectivity index (χ0n) is 12.3. The summed E-state index contributed by atoms with van der Waals surface area (Å²) in [6.07, 6.45) is 6.33. The molecular formula is C13H32OSi2. The van der Waals surface area contributed by atoms with Crippen LogP contribution in [0.15, 0.2) is 0 Å². The summed E-state index contributed by atoms with van der Waals surface area (Å²) in [7, 11) is -1.96. The standard InChI is InChI=1S/C13H32OSi2/c1-15(2,3)13(16(4,5)6)11-9-7-8-10-12-14/h13-14H,7-12H2,1-6H3. The lowest BCUT2D eigenvalue weighted by Gasteiger charge is -2.38. The zero-order chi connectivity index (χ0) is 12.8. The van der Waals surface area contributed by atoms with Crippen molar-refractivity contribution in [2.45, 2.75) is 76.6 Å². The minimum absolute atomic E-state index is 0.367. The van der Waals surface area contributed by atoms with E-state index in [0.717, 1.165) is 11.6 Å². The molecule has 3 heteroatoms. The molecule has 0 saturated carbocycles. The highest BCUT2D eigenvalue weighted by Gasteiger charge is 2.36. The second-order valence-electron chi connectivity index (χ2n) is 7.21. The fourth-order valence-electron chi connectivity index (χ4n) is 2.98. The number of unbranched alkanes of at least 4 members (excludes halogenated alkanes) is 3. The fraction of sp³-hybridized carbons (Fsp3) is 1.00. The Balaban J connectivity index is 4.06. The quantitative estimate of drug-likeness (QED) is 0.503. The van der Waals surface area contributed by atoms with Crippen molar-refractivity contribution >= 4 is 16.1 Å². The molecule has 0 aliphatic rings. The summed E-state index contributed by atoms with van der Waals surface area (Å²) in [4.78, 5) is 0. The van der Waals surface area contributed by atoms with Crippen molar-refractivity contribution in [1.82, 2.24) is 0 Å². The monoisotopic (exact) mass is 260 g/mol. The van der Waals surface area contributed by atoms with Crippen molar-refractivity contribution in [2.24, 2.45) is 0 Å². The van der Waals surface area contributed by atoms with Crippen LogP contribution in [0.1, 0.15) is 32.1 Å². The Labute approximate surface area is 105 Å². The van der Waals surface area contributed by atoms with E-state index in [4.69, 9.17) is 5.11 Å². The normalized spacial score (nSPS) is 13.5. The molecule has 1 nitrogen and oxygen atoms in total. The fourth-order valence-corrected chi connectivity index (χ4v) is 15.5. The predicted molar refractivity (Wildman–Crippen MR) is 80.6 cm³/mol. The van der Waals surface area contributed by atoms with Gasteiger partial charge in [-0.05, 0) is 6.42 Å². The van der Waals surface area contributed by atoms with Gasteiger partial charge in [-0.1, -0.05) is 70.1 Å². The van der Waals surface area contributed by atoms with Gasteiger partial charge in [-0.2, -0.15) is 0 Å². The molecule has 0 radical (unpaired) electrons. The van der Waals surface area contributed by atoms with Gasteiger partial charge in [-0.3, -0.25) is 0 Å². The minimum atomic E-state index is -0.978. The second-order valence-corrected chi connectivity index (χ2v) is 18.6. The molecule has 0 rings (SSSR count). The molecule has 0 spiro atoms. The van der Waals surface area contributed by atoms with Crippen molar-refractivity contribution in [3.8, 4) is 0 Å². The molecule has 0 saturated heterocycles. The number of hydrogen-bond donors (Lipinski definition) is 1. The van der Waals surface area contributed by atoms with E-state index in [9.17, 15) is 0 Å². The highest BCUT2D eigenvalue weighted by Crippen LogP contribution is 2.36. The van der Waals surface area contributed by atoms with Gasteiger partial charge in [0.1, 0.15) is 0 Å². The largest absolute Gasteiger partial charge is 0.396 e. The summed E-state index contributed by atoms with van der Waals surface area (Å²) in [5.41, 5.74) is 0. The SMILES string of the molecule is C[Si](C)(C)C(CCCCCCO)[Si](C)(C)C. The first-order chi connectivity index (χ1) is 7.19. The van der Waals surface area contributed by atoms with E-state index >= 15 is 0 Å². The molecule has 0 aromatic heterocycles. The molecule has 0 atom stereocenters. The van der Waals surface area contributed by atoms with E-state index < -0.39 is 16.1 Å². The summed E-state index contributed by atoms with van der Waals surface area (Å²) < 4.78 is 0. The van der Waals surface area contributed by atoms with Gasteiger partial charge in [0.05, 0.1) is 0 Å². The second kappa shape index (κ2) is 6.97. The van der Waals surface area contributed by atoms with Crippen LogP contribution < -0.4 is 0 Å². The summed E-state index contributed by atoms with van der Waals surface area (Å²) >= 11 is 0. The molecular weight excluding hydrogens is 228 g/mol. The van der Waals surface area contributed by atoms with Crippen LogP contribution in [0.3, 0.4) is 0 Å². The van der Waals surface area contributed by atoms with Gasteiger partial charge >= 0.3 is 0 Å². The lowest BCUT2D eigenvalue weighted by atomic mass is 10.2. The van der Waals surface area contributed by atoms with Crippen molar-refractivity contribution in [2.75, 3.05) is 6.61 Å². The third kappa shape index (κ3) is 6.87. The Bertz CT molecular complexity index is 165. The smallest absolute Gasteiger partial charge is 0.0447 e. The van der Waals surface area contributed by atoms with Crippen molar-refractivity contribution in [1.29, 1.82) is 0 Å². The Hall–Kier alpha value is 0.394. The molecule has 0 amide bonds. The van der Waals surface area contributed by atoms with Crippen LogP contribution in [0.4, 0.5) is 0 Å². The van der Waals surface area contributed by atoms with Crippen LogP contribution in [0.25, 0.3) is 0 Å². The number of rotatable bonds is 8. The maximum atomic E-state index is 8.75. The van der Waals surface area contributed by atoms with E-state index in [2.05, 4.69) is 39.3 Å². The summed E-state index contributed by atoms with van der Waals surface area (Å²) in [6.45, 7) is 15.6. The van der Waals surface area contributed by atoms with Crippen molar-refractivity contribution in [3.05, 3.63) is 0 Å². The zero-order valence-corrected chi connectivity index (χ0v) is 14.3. The lowest BCUT2D eigenvalue weighted by molar-refractivity contribution is 0.282. The lowest BCUT2D eigenvalue weighted by Crippen LogP contribution is -2.43. The topological polar surface area (TPSA) is 20.2 Å². The molecule has 0 aromatic carbocycles. The molecule has 0 heterocycles. The van der Waals surface area contributed by atoms with Crippen LogP contribution in [0.5, 0.6) is 0 Å². The van der Waals surface area contributed by atoms with E-state index in [1.807, 2.05) is 0 Å². The van der Waals surface area contributed by atoms with Crippen LogP contribution in [-0.2, 0) is 0 Å². The molecule has 0 bridgehead atoms. The third-order valence-corrected chi connectivity index (χ3v) is 13.4. The first-order valence-electron chi connectivity index (χ1n) is 6.80. The Morgan fingerprint density at radius 3 is 1.56 bits per heavy atom. The molecule has 0 unspecified atom stereocenters. The number of hydrogen-bond acceptors (Lipinski definition) is 1. The van der Waals surface area contributed by atoms with Gasteiger partial charge in [0.2, 0.25) is 0 Å². The molecule has 0 aliphatic heterocycles. The average molecular weight is 261 g/mol. The summed E-state index contributed by atoms with van der Waals surface area (Å²) in [6, 6.07) is 0. The Morgan fingerprint density at radius 1 is 0.750 bits per heavy atom. The molecule has 16 heavy (non-hydrogen) atoms. The highest BCUT2D eigenvalue weighted by atomic mass is 28.4. The number of aliphatic hydroxyl groups is 1. The third-order valence-electron chi connectivity index (χ3n) is 3.49. The molecule has 0 aromatic rings. The first-order valence-corrected chi connectivity index (χ1v) is 14.0. The molecule has 0 aliphatic carbocycles. The Kier molecular flexibility index (Phi) is 7.14. The van der Waals surface area contributed by atoms with Gasteiger partial charge in [-0.25, -0.2) is 0 Å². The Morgan fingerprint density at radius 2 is 1.19 bits per heavy atom. The van der Waals surface area contributed by atoms with Crippen LogP contribution in [0, 0.1) is 0 Å². The van der Waals surface area contributed by atoms with E-state index in [1.54, 1.807) is 0 Å².